The highest BCUT2D eigenvalue weighted by Crippen LogP contribution is 2.08. The number of para-hydroxylation sites is 1. The second kappa shape index (κ2) is 3.23. The first kappa shape index (κ1) is 7.73. The van der Waals surface area contributed by atoms with Crippen molar-refractivity contribution in [2.24, 2.45) is 5.16 Å². The molecule has 0 aliphatic carbocycles. The summed E-state index contributed by atoms with van der Waals surface area (Å²) in [5, 5.41) is 12.4. The first-order valence-corrected chi connectivity index (χ1v) is 3.98. The molecule has 0 amide bonds. The van der Waals surface area contributed by atoms with Crippen molar-refractivity contribution in [3.63, 3.8) is 0 Å². The van der Waals surface area contributed by atoms with Crippen molar-refractivity contribution in [3.8, 4) is 0 Å². The van der Waals surface area contributed by atoms with E-state index in [-0.39, 0.29) is 0 Å². The average molecular weight is 173 g/mol. The molecule has 0 aliphatic rings. The van der Waals surface area contributed by atoms with Crippen molar-refractivity contribution in [2.75, 3.05) is 0 Å². The molecule has 2 rings (SSSR count). The van der Waals surface area contributed by atoms with E-state index in [1.165, 1.54) is 6.21 Å². The van der Waals surface area contributed by atoms with Gasteiger partial charge in [0.05, 0.1) is 11.8 Å². The first-order chi connectivity index (χ1) is 6.40. The summed E-state index contributed by atoms with van der Waals surface area (Å²) in [5.41, 5.74) is 1.92. The lowest BCUT2D eigenvalue weighted by atomic mass is 10.2. The molecule has 0 radical (unpaired) electrons. The summed E-state index contributed by atoms with van der Waals surface area (Å²) in [6.45, 7) is 0. The standard InChI is InChI=1S/C10H8N2O/c13-12-7-8-5-9-3-1-2-4-10(9)11-6-8/h1-7,13H/p+1. The zero-order chi connectivity index (χ0) is 9.10. The summed E-state index contributed by atoms with van der Waals surface area (Å²) >= 11 is 0. The Bertz CT molecular complexity index is 451. The molecule has 1 aromatic heterocycles. The number of nitrogens with zero attached hydrogens (tertiary/aromatic N) is 1. The third kappa shape index (κ3) is 1.49. The van der Waals surface area contributed by atoms with Crippen LogP contribution < -0.4 is 4.98 Å². The molecule has 0 unspecified atom stereocenters. The van der Waals surface area contributed by atoms with E-state index in [1.807, 2.05) is 30.3 Å². The second-order valence-corrected chi connectivity index (χ2v) is 2.76. The Morgan fingerprint density at radius 3 is 3.00 bits per heavy atom. The van der Waals surface area contributed by atoms with Gasteiger partial charge in [-0.1, -0.05) is 17.3 Å². The molecule has 13 heavy (non-hydrogen) atoms. The van der Waals surface area contributed by atoms with E-state index in [0.29, 0.717) is 0 Å². The van der Waals surface area contributed by atoms with Crippen LogP contribution in [-0.2, 0) is 0 Å². The summed E-state index contributed by atoms with van der Waals surface area (Å²) in [6, 6.07) is 9.88. The van der Waals surface area contributed by atoms with Gasteiger partial charge >= 0.3 is 0 Å². The average Bonchev–Trinajstić information content (AvgIpc) is 2.18. The maximum atomic E-state index is 8.35. The Kier molecular flexibility index (Phi) is 1.92. The fourth-order valence-corrected chi connectivity index (χ4v) is 1.28. The van der Waals surface area contributed by atoms with Crippen LogP contribution >= 0.6 is 0 Å². The van der Waals surface area contributed by atoms with Crippen LogP contribution in [-0.4, -0.2) is 11.4 Å². The van der Waals surface area contributed by atoms with Crippen LogP contribution in [0.4, 0.5) is 0 Å². The molecule has 3 heteroatoms. The van der Waals surface area contributed by atoms with Gasteiger partial charge in [-0.3, -0.25) is 0 Å². The third-order valence-corrected chi connectivity index (χ3v) is 1.88. The number of hydrogen-bond donors (Lipinski definition) is 1. The number of hydrogen-bond acceptors (Lipinski definition) is 2. The van der Waals surface area contributed by atoms with Gasteiger partial charge in [-0.05, 0) is 12.1 Å². The van der Waals surface area contributed by atoms with Crippen LogP contribution in [0.15, 0.2) is 41.7 Å². The SMILES string of the molecule is ON=Cc1c[nH+]c2ccccc2c1. The fraction of sp³-hybridized carbons (Fsp3) is 0. The number of oxime groups is 1. The lowest BCUT2D eigenvalue weighted by Crippen LogP contribution is -2.04. The predicted molar refractivity (Wildman–Crippen MR) is 49.9 cm³/mol. The van der Waals surface area contributed by atoms with Crippen molar-refractivity contribution < 1.29 is 10.2 Å². The van der Waals surface area contributed by atoms with Gasteiger partial charge in [-0.2, -0.15) is 0 Å². The summed E-state index contributed by atoms with van der Waals surface area (Å²) in [5.74, 6) is 0. The number of pyridine rings is 1. The van der Waals surface area contributed by atoms with Crippen molar-refractivity contribution in [3.05, 3.63) is 42.1 Å². The third-order valence-electron chi connectivity index (χ3n) is 1.88. The Morgan fingerprint density at radius 1 is 1.31 bits per heavy atom. The lowest BCUT2D eigenvalue weighted by Gasteiger charge is -1.91. The second-order valence-electron chi connectivity index (χ2n) is 2.76. The Balaban J connectivity index is 2.62. The highest BCUT2D eigenvalue weighted by atomic mass is 16.4. The van der Waals surface area contributed by atoms with E-state index in [2.05, 4.69) is 10.1 Å². The molecule has 0 saturated heterocycles. The number of H-pyrrole nitrogens is 1. The van der Waals surface area contributed by atoms with Gasteiger partial charge < -0.3 is 5.21 Å². The van der Waals surface area contributed by atoms with Crippen LogP contribution in [0.5, 0.6) is 0 Å². The number of aromatic nitrogens is 1. The van der Waals surface area contributed by atoms with Gasteiger partial charge in [0.2, 0.25) is 5.52 Å². The minimum Gasteiger partial charge on any atom is -0.411 e. The molecule has 64 valence electrons. The maximum absolute atomic E-state index is 8.35. The van der Waals surface area contributed by atoms with Gasteiger partial charge in [-0.15, -0.1) is 0 Å². The molecule has 0 fully saturated rings. The first-order valence-electron chi connectivity index (χ1n) is 3.98. The quantitative estimate of drug-likeness (QED) is 0.396. The van der Waals surface area contributed by atoms with Gasteiger partial charge in [0.1, 0.15) is 0 Å². The van der Waals surface area contributed by atoms with E-state index < -0.39 is 0 Å². The van der Waals surface area contributed by atoms with Crippen molar-refractivity contribution in [2.45, 2.75) is 0 Å². The molecular formula is C10H9N2O+. The van der Waals surface area contributed by atoms with E-state index in [1.54, 1.807) is 6.20 Å². The lowest BCUT2D eigenvalue weighted by molar-refractivity contribution is -0.344. The Labute approximate surface area is 75.3 Å². The molecule has 3 nitrogen and oxygen atoms in total. The monoisotopic (exact) mass is 173 g/mol. The van der Waals surface area contributed by atoms with Gasteiger partial charge in [0.15, 0.2) is 6.20 Å². The van der Waals surface area contributed by atoms with E-state index >= 15 is 0 Å². The molecular weight excluding hydrogens is 164 g/mol. The fourth-order valence-electron chi connectivity index (χ4n) is 1.28. The molecule has 0 saturated carbocycles. The van der Waals surface area contributed by atoms with Crippen molar-refractivity contribution in [1.82, 2.24) is 0 Å². The normalized spacial score (nSPS) is 11.1. The predicted octanol–water partition coefficient (Wildman–Crippen LogP) is 1.46. The van der Waals surface area contributed by atoms with Crippen molar-refractivity contribution >= 4 is 17.1 Å². The number of fused-ring (bicyclic) bond motifs is 1. The molecule has 2 aromatic rings. The van der Waals surface area contributed by atoms with Crippen LogP contribution in [0.1, 0.15) is 5.56 Å². The van der Waals surface area contributed by atoms with E-state index in [0.717, 1.165) is 16.5 Å². The smallest absolute Gasteiger partial charge is 0.210 e. The number of aromatic amines is 1. The van der Waals surface area contributed by atoms with Crippen LogP contribution in [0.3, 0.4) is 0 Å². The zero-order valence-corrected chi connectivity index (χ0v) is 6.94. The number of benzene rings is 1. The number of nitrogens with one attached hydrogen (secondary N) is 1. The molecule has 0 bridgehead atoms. The summed E-state index contributed by atoms with van der Waals surface area (Å²) in [4.78, 5) is 3.10. The largest absolute Gasteiger partial charge is 0.411 e. The van der Waals surface area contributed by atoms with E-state index in [9.17, 15) is 0 Å². The van der Waals surface area contributed by atoms with Gasteiger partial charge in [-0.25, -0.2) is 4.98 Å². The number of rotatable bonds is 1. The molecule has 2 N–H and O–H groups in total. The van der Waals surface area contributed by atoms with Crippen LogP contribution in [0.25, 0.3) is 10.9 Å². The summed E-state index contributed by atoms with van der Waals surface area (Å²) in [6.07, 6.45) is 3.19. The highest BCUT2D eigenvalue weighted by Gasteiger charge is 1.99. The minimum absolute atomic E-state index is 0.848. The molecule has 0 spiro atoms. The summed E-state index contributed by atoms with van der Waals surface area (Å²) < 4.78 is 0. The molecule has 1 heterocycles. The van der Waals surface area contributed by atoms with Crippen LogP contribution in [0, 0.1) is 0 Å². The summed E-state index contributed by atoms with van der Waals surface area (Å²) in [7, 11) is 0. The topological polar surface area (TPSA) is 46.7 Å². The molecule has 0 atom stereocenters. The Hall–Kier alpha value is -1.90. The minimum atomic E-state index is 0.848. The Morgan fingerprint density at radius 2 is 2.15 bits per heavy atom. The van der Waals surface area contributed by atoms with E-state index in [4.69, 9.17) is 5.21 Å². The van der Waals surface area contributed by atoms with Crippen LogP contribution in [0.2, 0.25) is 0 Å². The zero-order valence-electron chi connectivity index (χ0n) is 6.94. The van der Waals surface area contributed by atoms with Gasteiger partial charge in [0, 0.05) is 11.5 Å². The molecule has 1 aromatic carbocycles. The van der Waals surface area contributed by atoms with Crippen molar-refractivity contribution in [1.29, 1.82) is 0 Å². The molecule has 0 aliphatic heterocycles. The maximum Gasteiger partial charge on any atom is 0.210 e. The van der Waals surface area contributed by atoms with Gasteiger partial charge in [0.25, 0.3) is 0 Å². The highest BCUT2D eigenvalue weighted by molar-refractivity contribution is 5.85.